The Labute approximate surface area is 100 Å². The Morgan fingerprint density at radius 1 is 1.65 bits per heavy atom. The van der Waals surface area contributed by atoms with E-state index in [0.717, 1.165) is 25.3 Å². The third-order valence-corrected chi connectivity index (χ3v) is 3.54. The molecule has 1 aromatic heterocycles. The predicted molar refractivity (Wildman–Crippen MR) is 61.3 cm³/mol. The van der Waals surface area contributed by atoms with E-state index in [4.69, 9.17) is 5.11 Å². The molecule has 0 radical (unpaired) electrons. The SMILES string of the molecule is CCn1ncnc1CN1CCC(C(=O)O)C1C. The maximum absolute atomic E-state index is 11.0. The predicted octanol–water partition coefficient (Wildman–Crippen LogP) is 0.593. The maximum atomic E-state index is 11.0. The Bertz CT molecular complexity index is 404. The van der Waals surface area contributed by atoms with Crippen LogP contribution in [0.2, 0.25) is 0 Å². The van der Waals surface area contributed by atoms with Crippen LogP contribution >= 0.6 is 0 Å². The summed E-state index contributed by atoms with van der Waals surface area (Å²) in [4.78, 5) is 17.4. The molecule has 1 fully saturated rings. The van der Waals surface area contributed by atoms with Crippen molar-refractivity contribution in [2.45, 2.75) is 39.4 Å². The van der Waals surface area contributed by atoms with E-state index in [2.05, 4.69) is 15.0 Å². The number of hydrogen-bond acceptors (Lipinski definition) is 4. The molecule has 6 nitrogen and oxygen atoms in total. The van der Waals surface area contributed by atoms with Gasteiger partial charge >= 0.3 is 5.97 Å². The first kappa shape index (κ1) is 12.0. The Morgan fingerprint density at radius 2 is 2.41 bits per heavy atom. The maximum Gasteiger partial charge on any atom is 0.308 e. The molecule has 2 unspecified atom stereocenters. The van der Waals surface area contributed by atoms with Gasteiger partial charge in [-0.15, -0.1) is 0 Å². The van der Waals surface area contributed by atoms with Gasteiger partial charge < -0.3 is 5.11 Å². The molecular weight excluding hydrogens is 220 g/mol. The highest BCUT2D eigenvalue weighted by molar-refractivity contribution is 5.71. The molecule has 94 valence electrons. The van der Waals surface area contributed by atoms with E-state index in [0.29, 0.717) is 6.54 Å². The number of nitrogens with zero attached hydrogens (tertiary/aromatic N) is 4. The molecule has 1 aromatic rings. The third-order valence-electron chi connectivity index (χ3n) is 3.54. The first-order valence-corrected chi connectivity index (χ1v) is 5.97. The largest absolute Gasteiger partial charge is 0.481 e. The Morgan fingerprint density at radius 3 is 3.00 bits per heavy atom. The Balaban J connectivity index is 2.03. The minimum absolute atomic E-state index is 0.0644. The zero-order valence-electron chi connectivity index (χ0n) is 10.2. The smallest absolute Gasteiger partial charge is 0.308 e. The molecule has 0 saturated carbocycles. The van der Waals surface area contributed by atoms with Gasteiger partial charge in [0.05, 0.1) is 12.5 Å². The second-order valence-corrected chi connectivity index (χ2v) is 4.44. The summed E-state index contributed by atoms with van der Waals surface area (Å²) in [5.74, 6) is -0.0460. The van der Waals surface area contributed by atoms with E-state index < -0.39 is 5.97 Å². The van der Waals surface area contributed by atoms with Crippen LogP contribution in [0.5, 0.6) is 0 Å². The van der Waals surface area contributed by atoms with Gasteiger partial charge in [0, 0.05) is 12.6 Å². The van der Waals surface area contributed by atoms with Gasteiger partial charge in [-0.3, -0.25) is 9.69 Å². The summed E-state index contributed by atoms with van der Waals surface area (Å²) in [7, 11) is 0. The van der Waals surface area contributed by atoms with Gasteiger partial charge in [-0.2, -0.15) is 5.10 Å². The molecule has 1 N–H and O–H groups in total. The quantitative estimate of drug-likeness (QED) is 0.831. The molecular formula is C11H18N4O2. The van der Waals surface area contributed by atoms with Crippen LogP contribution in [0, 0.1) is 5.92 Å². The van der Waals surface area contributed by atoms with E-state index in [9.17, 15) is 4.79 Å². The van der Waals surface area contributed by atoms with Crippen LogP contribution in [0.3, 0.4) is 0 Å². The number of aromatic nitrogens is 3. The number of aryl methyl sites for hydroxylation is 1. The molecule has 0 aliphatic carbocycles. The summed E-state index contributed by atoms with van der Waals surface area (Å²) < 4.78 is 1.85. The summed E-state index contributed by atoms with van der Waals surface area (Å²) in [5, 5.41) is 13.2. The molecule has 0 bridgehead atoms. The lowest BCUT2D eigenvalue weighted by Crippen LogP contribution is -2.33. The number of carbonyl (C=O) groups is 1. The second kappa shape index (κ2) is 4.83. The highest BCUT2D eigenvalue weighted by Gasteiger charge is 2.35. The van der Waals surface area contributed by atoms with Gasteiger partial charge in [-0.25, -0.2) is 9.67 Å². The monoisotopic (exact) mass is 238 g/mol. The number of carboxylic acid groups (broad SMARTS) is 1. The standard InChI is InChI=1S/C11H18N4O2/c1-3-15-10(12-7-13-15)6-14-5-4-9(8(14)2)11(16)17/h7-9H,3-6H2,1-2H3,(H,16,17). The number of aliphatic carboxylic acids is 1. The van der Waals surface area contributed by atoms with Crippen LogP contribution in [-0.4, -0.2) is 43.3 Å². The van der Waals surface area contributed by atoms with Crippen LogP contribution in [0.15, 0.2) is 6.33 Å². The lowest BCUT2D eigenvalue weighted by atomic mass is 10.0. The average molecular weight is 238 g/mol. The minimum Gasteiger partial charge on any atom is -0.481 e. The van der Waals surface area contributed by atoms with Gasteiger partial charge in [-0.05, 0) is 26.8 Å². The van der Waals surface area contributed by atoms with E-state index in [-0.39, 0.29) is 12.0 Å². The Kier molecular flexibility index (Phi) is 3.42. The van der Waals surface area contributed by atoms with Gasteiger partial charge in [0.25, 0.3) is 0 Å². The topological polar surface area (TPSA) is 71.2 Å². The van der Waals surface area contributed by atoms with Crippen molar-refractivity contribution in [1.82, 2.24) is 19.7 Å². The fraction of sp³-hybridized carbons (Fsp3) is 0.727. The zero-order valence-corrected chi connectivity index (χ0v) is 10.2. The fourth-order valence-electron chi connectivity index (χ4n) is 2.41. The second-order valence-electron chi connectivity index (χ2n) is 4.44. The van der Waals surface area contributed by atoms with E-state index in [1.807, 2.05) is 18.5 Å². The summed E-state index contributed by atoms with van der Waals surface area (Å²) in [6.07, 6.45) is 2.27. The molecule has 6 heteroatoms. The summed E-state index contributed by atoms with van der Waals surface area (Å²) in [6.45, 7) is 6.28. The van der Waals surface area contributed by atoms with Crippen LogP contribution in [0.25, 0.3) is 0 Å². The molecule has 2 heterocycles. The highest BCUT2D eigenvalue weighted by atomic mass is 16.4. The molecule has 0 amide bonds. The van der Waals surface area contributed by atoms with Gasteiger partial charge in [0.15, 0.2) is 0 Å². The lowest BCUT2D eigenvalue weighted by molar-refractivity contribution is -0.142. The summed E-state index contributed by atoms with van der Waals surface area (Å²) >= 11 is 0. The molecule has 1 aliphatic rings. The van der Waals surface area contributed by atoms with E-state index in [1.165, 1.54) is 0 Å². The fourth-order valence-corrected chi connectivity index (χ4v) is 2.41. The first-order chi connectivity index (χ1) is 8.13. The van der Waals surface area contributed by atoms with Crippen molar-refractivity contribution in [3.05, 3.63) is 12.2 Å². The van der Waals surface area contributed by atoms with Crippen LogP contribution in [0.1, 0.15) is 26.1 Å². The molecule has 2 rings (SSSR count). The normalized spacial score (nSPS) is 25.3. The first-order valence-electron chi connectivity index (χ1n) is 5.97. The van der Waals surface area contributed by atoms with Crippen molar-refractivity contribution in [2.75, 3.05) is 6.54 Å². The minimum atomic E-state index is -0.697. The molecule has 17 heavy (non-hydrogen) atoms. The average Bonchev–Trinajstić information content (AvgIpc) is 2.87. The highest BCUT2D eigenvalue weighted by Crippen LogP contribution is 2.25. The van der Waals surface area contributed by atoms with Gasteiger partial charge in [0.2, 0.25) is 0 Å². The van der Waals surface area contributed by atoms with Crippen molar-refractivity contribution < 1.29 is 9.90 Å². The van der Waals surface area contributed by atoms with Crippen LogP contribution in [-0.2, 0) is 17.9 Å². The van der Waals surface area contributed by atoms with Crippen LogP contribution < -0.4 is 0 Å². The van der Waals surface area contributed by atoms with Gasteiger partial charge in [-0.1, -0.05) is 0 Å². The molecule has 0 spiro atoms. The Hall–Kier alpha value is -1.43. The molecule has 0 aromatic carbocycles. The van der Waals surface area contributed by atoms with Crippen molar-refractivity contribution in [3.8, 4) is 0 Å². The van der Waals surface area contributed by atoms with Crippen molar-refractivity contribution in [1.29, 1.82) is 0 Å². The zero-order chi connectivity index (χ0) is 12.4. The van der Waals surface area contributed by atoms with Crippen molar-refractivity contribution in [3.63, 3.8) is 0 Å². The van der Waals surface area contributed by atoms with Crippen molar-refractivity contribution in [2.24, 2.45) is 5.92 Å². The van der Waals surface area contributed by atoms with E-state index in [1.54, 1.807) is 6.33 Å². The van der Waals surface area contributed by atoms with Crippen molar-refractivity contribution >= 4 is 5.97 Å². The number of rotatable bonds is 4. The molecule has 1 aliphatic heterocycles. The summed E-state index contributed by atoms with van der Waals surface area (Å²) in [6, 6.07) is 0.0644. The lowest BCUT2D eigenvalue weighted by Gasteiger charge is -2.22. The van der Waals surface area contributed by atoms with Crippen LogP contribution in [0.4, 0.5) is 0 Å². The number of carboxylic acids is 1. The number of likely N-dealkylation sites (tertiary alicyclic amines) is 1. The number of hydrogen-bond donors (Lipinski definition) is 1. The molecule has 1 saturated heterocycles. The van der Waals surface area contributed by atoms with Gasteiger partial charge in [0.1, 0.15) is 12.2 Å². The molecule has 2 atom stereocenters. The third kappa shape index (κ3) is 2.31. The summed E-state index contributed by atoms with van der Waals surface area (Å²) in [5.41, 5.74) is 0. The van der Waals surface area contributed by atoms with E-state index >= 15 is 0 Å².